The Morgan fingerprint density at radius 1 is 0.450 bits per heavy atom. The zero-order chi connectivity index (χ0) is 27.1. The summed E-state index contributed by atoms with van der Waals surface area (Å²) in [5.74, 6) is 0.669. The van der Waals surface area contributed by atoms with Crippen LogP contribution in [0.15, 0.2) is 121 Å². The monoisotopic (exact) mass is 514 g/mol. The molecule has 4 nitrogen and oxygen atoms in total. The second-order valence-electron chi connectivity index (χ2n) is 10.1. The molecule has 0 atom stereocenters. The molecule has 0 amide bonds. The maximum absolute atomic E-state index is 5.20. The molecule has 0 N–H and O–H groups in total. The van der Waals surface area contributed by atoms with Crippen LogP contribution in [0.5, 0.6) is 0 Å². The number of hydrogen-bond acceptors (Lipinski definition) is 4. The van der Waals surface area contributed by atoms with Gasteiger partial charge in [0.15, 0.2) is 5.82 Å². The zero-order valence-corrected chi connectivity index (χ0v) is 22.3. The molecule has 0 unspecified atom stereocenters. The Labute approximate surface area is 233 Å². The fourth-order valence-corrected chi connectivity index (χ4v) is 5.26. The summed E-state index contributed by atoms with van der Waals surface area (Å²) >= 11 is 0. The average Bonchev–Trinajstić information content (AvgIpc) is 3.01. The Kier molecular flexibility index (Phi) is 5.86. The molecular formula is C36H26N4. The highest BCUT2D eigenvalue weighted by Gasteiger charge is 2.17. The number of pyridine rings is 2. The molecule has 0 saturated carbocycles. The quantitative estimate of drug-likeness (QED) is 0.220. The first kappa shape index (κ1) is 23.9. The third kappa shape index (κ3) is 4.30. The SMILES string of the molecule is Cc1ccc2ccc3c(C)cc(-c4ccccc4-c4nc(-c5ccccc5)cc(-c5ccccc5)n4)nc3c2n1. The van der Waals surface area contributed by atoms with Gasteiger partial charge < -0.3 is 0 Å². The molecule has 0 bridgehead atoms. The van der Waals surface area contributed by atoms with Crippen molar-refractivity contribution < 1.29 is 0 Å². The van der Waals surface area contributed by atoms with E-state index >= 15 is 0 Å². The van der Waals surface area contributed by atoms with Crippen molar-refractivity contribution in [2.24, 2.45) is 0 Å². The van der Waals surface area contributed by atoms with Crippen molar-refractivity contribution in [2.45, 2.75) is 13.8 Å². The summed E-state index contributed by atoms with van der Waals surface area (Å²) in [5.41, 5.74) is 10.6. The maximum Gasteiger partial charge on any atom is 0.161 e. The van der Waals surface area contributed by atoms with Crippen LogP contribution in [0, 0.1) is 13.8 Å². The first-order chi connectivity index (χ1) is 19.6. The lowest BCUT2D eigenvalue weighted by atomic mass is 9.99. The molecule has 7 aromatic rings. The number of benzene rings is 4. The highest BCUT2D eigenvalue weighted by Crippen LogP contribution is 2.35. The molecule has 0 radical (unpaired) electrons. The van der Waals surface area contributed by atoms with Crippen LogP contribution in [-0.2, 0) is 0 Å². The van der Waals surface area contributed by atoms with Gasteiger partial charge in [-0.15, -0.1) is 0 Å². The third-order valence-corrected chi connectivity index (χ3v) is 7.29. The summed E-state index contributed by atoms with van der Waals surface area (Å²) in [6.45, 7) is 4.16. The van der Waals surface area contributed by atoms with Crippen LogP contribution in [-0.4, -0.2) is 19.9 Å². The molecule has 3 heterocycles. The van der Waals surface area contributed by atoms with Crippen LogP contribution >= 0.6 is 0 Å². The zero-order valence-electron chi connectivity index (χ0n) is 22.3. The summed E-state index contributed by atoms with van der Waals surface area (Å²) in [6, 6.07) is 41.4. The van der Waals surface area contributed by atoms with Crippen LogP contribution < -0.4 is 0 Å². The number of nitrogens with zero attached hydrogens (tertiary/aromatic N) is 4. The first-order valence-corrected chi connectivity index (χ1v) is 13.4. The average molecular weight is 515 g/mol. The standard InChI is InChI=1S/C36H26N4/c1-23-21-33(38-35-28(23)20-19-27-18-17-24(2)37-34(27)35)29-15-9-10-16-30(29)36-39-31(25-11-5-3-6-12-25)22-32(40-36)26-13-7-4-8-14-26/h3-22H,1-2H3. The van der Waals surface area contributed by atoms with Gasteiger partial charge in [0.25, 0.3) is 0 Å². The highest BCUT2D eigenvalue weighted by molar-refractivity contribution is 6.05. The van der Waals surface area contributed by atoms with E-state index in [9.17, 15) is 0 Å². The van der Waals surface area contributed by atoms with Gasteiger partial charge >= 0.3 is 0 Å². The lowest BCUT2D eigenvalue weighted by Gasteiger charge is -2.14. The molecular weight excluding hydrogens is 488 g/mol. The molecule has 4 aromatic carbocycles. The van der Waals surface area contributed by atoms with E-state index in [-0.39, 0.29) is 0 Å². The van der Waals surface area contributed by atoms with Crippen molar-refractivity contribution in [2.75, 3.05) is 0 Å². The molecule has 40 heavy (non-hydrogen) atoms. The van der Waals surface area contributed by atoms with Gasteiger partial charge in [-0.25, -0.2) is 15.0 Å². The summed E-state index contributed by atoms with van der Waals surface area (Å²) in [5, 5.41) is 2.20. The van der Waals surface area contributed by atoms with E-state index in [0.717, 1.165) is 72.4 Å². The number of fused-ring (bicyclic) bond motifs is 3. The van der Waals surface area contributed by atoms with E-state index in [0.29, 0.717) is 5.82 Å². The minimum atomic E-state index is 0.669. The Morgan fingerprint density at radius 2 is 1.05 bits per heavy atom. The predicted molar refractivity (Wildman–Crippen MR) is 164 cm³/mol. The Bertz CT molecular complexity index is 1960. The smallest absolute Gasteiger partial charge is 0.161 e. The van der Waals surface area contributed by atoms with Crippen molar-refractivity contribution >= 4 is 21.8 Å². The van der Waals surface area contributed by atoms with Gasteiger partial charge in [-0.05, 0) is 37.6 Å². The second-order valence-corrected chi connectivity index (χ2v) is 10.1. The van der Waals surface area contributed by atoms with Gasteiger partial charge in [0, 0.05) is 38.7 Å². The second kappa shape index (κ2) is 9.83. The molecule has 4 heteroatoms. The summed E-state index contributed by atoms with van der Waals surface area (Å²) in [7, 11) is 0. The van der Waals surface area contributed by atoms with Gasteiger partial charge in [0.1, 0.15) is 0 Å². The molecule has 0 saturated heterocycles. The van der Waals surface area contributed by atoms with E-state index in [1.54, 1.807) is 0 Å². The van der Waals surface area contributed by atoms with Gasteiger partial charge in [-0.2, -0.15) is 0 Å². The third-order valence-electron chi connectivity index (χ3n) is 7.29. The van der Waals surface area contributed by atoms with Gasteiger partial charge in [-0.1, -0.05) is 103 Å². The molecule has 7 rings (SSSR count). The van der Waals surface area contributed by atoms with E-state index in [1.807, 2.05) is 61.5 Å². The van der Waals surface area contributed by atoms with E-state index in [4.69, 9.17) is 19.9 Å². The fraction of sp³-hybridized carbons (Fsp3) is 0.0556. The molecule has 190 valence electrons. The number of rotatable bonds is 4. The number of aryl methyl sites for hydroxylation is 2. The van der Waals surface area contributed by atoms with Crippen LogP contribution in [0.4, 0.5) is 0 Å². The van der Waals surface area contributed by atoms with Gasteiger partial charge in [0.05, 0.1) is 28.1 Å². The molecule has 0 aliphatic heterocycles. The predicted octanol–water partition coefficient (Wildman–Crippen LogP) is 8.86. The van der Waals surface area contributed by atoms with Crippen LogP contribution in [0.2, 0.25) is 0 Å². The summed E-state index contributed by atoms with van der Waals surface area (Å²) in [6.07, 6.45) is 0. The highest BCUT2D eigenvalue weighted by atomic mass is 14.9. The Balaban J connectivity index is 1.47. The topological polar surface area (TPSA) is 51.6 Å². The Hall–Kier alpha value is -5.22. The largest absolute Gasteiger partial charge is 0.251 e. The molecule has 0 fully saturated rings. The Morgan fingerprint density at radius 3 is 1.73 bits per heavy atom. The van der Waals surface area contributed by atoms with Crippen molar-refractivity contribution in [1.29, 1.82) is 0 Å². The van der Waals surface area contributed by atoms with Gasteiger partial charge in [-0.3, -0.25) is 4.98 Å². The van der Waals surface area contributed by atoms with Gasteiger partial charge in [0.2, 0.25) is 0 Å². The van der Waals surface area contributed by atoms with Crippen molar-refractivity contribution in [3.8, 4) is 45.2 Å². The summed E-state index contributed by atoms with van der Waals surface area (Å²) < 4.78 is 0. The van der Waals surface area contributed by atoms with E-state index in [1.165, 1.54) is 0 Å². The van der Waals surface area contributed by atoms with Crippen LogP contribution in [0.3, 0.4) is 0 Å². The number of hydrogen-bond donors (Lipinski definition) is 0. The number of aromatic nitrogens is 4. The maximum atomic E-state index is 5.20. The summed E-state index contributed by atoms with van der Waals surface area (Å²) in [4.78, 5) is 20.2. The molecule has 0 aliphatic rings. The minimum Gasteiger partial charge on any atom is -0.251 e. The lowest BCUT2D eigenvalue weighted by Crippen LogP contribution is -1.98. The molecule has 0 aliphatic carbocycles. The fourth-order valence-electron chi connectivity index (χ4n) is 5.26. The van der Waals surface area contributed by atoms with Crippen molar-refractivity contribution in [1.82, 2.24) is 19.9 Å². The minimum absolute atomic E-state index is 0.669. The molecule has 0 spiro atoms. The van der Waals surface area contributed by atoms with Crippen molar-refractivity contribution in [3.05, 3.63) is 133 Å². The molecule has 3 aromatic heterocycles. The van der Waals surface area contributed by atoms with Crippen LogP contribution in [0.25, 0.3) is 67.0 Å². The van der Waals surface area contributed by atoms with Crippen LogP contribution in [0.1, 0.15) is 11.3 Å². The lowest BCUT2D eigenvalue weighted by molar-refractivity contribution is 1.18. The van der Waals surface area contributed by atoms with E-state index in [2.05, 4.69) is 73.7 Å². The van der Waals surface area contributed by atoms with Crippen molar-refractivity contribution in [3.63, 3.8) is 0 Å². The normalized spacial score (nSPS) is 11.2. The van der Waals surface area contributed by atoms with E-state index < -0.39 is 0 Å². The first-order valence-electron chi connectivity index (χ1n) is 13.4.